The molecule has 8 heteroatoms. The van der Waals surface area contributed by atoms with Crippen molar-refractivity contribution >= 4 is 46.3 Å². The lowest BCUT2D eigenvalue weighted by Crippen LogP contribution is -2.34. The topological polar surface area (TPSA) is 49.9 Å². The Morgan fingerprint density at radius 1 is 1.00 bits per heavy atom. The SMILES string of the molecule is O=C(Cl)N1C[C@@H]2CN(C(=O)OCc3cc(Cl)cc(Cl)c3)C[C@@H]2C1. The monoisotopic (exact) mass is 376 g/mol. The van der Waals surface area contributed by atoms with E-state index in [9.17, 15) is 9.59 Å². The van der Waals surface area contributed by atoms with Gasteiger partial charge in [0.15, 0.2) is 0 Å². The minimum atomic E-state index is -0.425. The van der Waals surface area contributed by atoms with Crippen molar-refractivity contribution in [1.29, 1.82) is 0 Å². The molecule has 124 valence electrons. The third kappa shape index (κ3) is 3.84. The van der Waals surface area contributed by atoms with Crippen molar-refractivity contribution in [2.24, 2.45) is 11.8 Å². The molecule has 0 N–H and O–H groups in total. The Labute approximate surface area is 149 Å². The Kier molecular flexibility index (Phi) is 4.90. The van der Waals surface area contributed by atoms with Gasteiger partial charge in [-0.25, -0.2) is 4.79 Å². The summed E-state index contributed by atoms with van der Waals surface area (Å²) in [6.45, 7) is 2.49. The maximum Gasteiger partial charge on any atom is 0.410 e. The van der Waals surface area contributed by atoms with E-state index in [-0.39, 0.29) is 24.5 Å². The number of hydrogen-bond acceptors (Lipinski definition) is 3. The number of carbonyl (C=O) groups is 2. The second kappa shape index (κ2) is 6.75. The fraction of sp³-hybridized carbons (Fsp3) is 0.467. The summed E-state index contributed by atoms with van der Waals surface area (Å²) >= 11 is 17.3. The van der Waals surface area contributed by atoms with Gasteiger partial charge in [-0.1, -0.05) is 23.2 Å². The maximum absolute atomic E-state index is 12.2. The van der Waals surface area contributed by atoms with Crippen molar-refractivity contribution < 1.29 is 14.3 Å². The Morgan fingerprint density at radius 2 is 1.52 bits per heavy atom. The molecule has 3 rings (SSSR count). The summed E-state index contributed by atoms with van der Waals surface area (Å²) in [5, 5.41) is 0.585. The predicted molar refractivity (Wildman–Crippen MR) is 88.0 cm³/mol. The number of benzene rings is 1. The van der Waals surface area contributed by atoms with Gasteiger partial charge in [-0.15, -0.1) is 0 Å². The molecule has 1 aromatic carbocycles. The smallest absolute Gasteiger partial charge is 0.410 e. The molecule has 2 atom stereocenters. The number of ether oxygens (including phenoxy) is 1. The van der Waals surface area contributed by atoms with Crippen LogP contribution in [0.3, 0.4) is 0 Å². The molecule has 5 nitrogen and oxygen atoms in total. The molecule has 0 radical (unpaired) electrons. The van der Waals surface area contributed by atoms with Crippen molar-refractivity contribution in [1.82, 2.24) is 9.80 Å². The van der Waals surface area contributed by atoms with Gasteiger partial charge in [-0.05, 0) is 35.4 Å². The van der Waals surface area contributed by atoms with Crippen molar-refractivity contribution in [2.45, 2.75) is 6.61 Å². The second-order valence-electron chi connectivity index (χ2n) is 5.92. The zero-order chi connectivity index (χ0) is 16.6. The highest BCUT2D eigenvalue weighted by atomic mass is 35.5. The van der Waals surface area contributed by atoms with Gasteiger partial charge >= 0.3 is 11.5 Å². The summed E-state index contributed by atoms with van der Waals surface area (Å²) in [6, 6.07) is 5.05. The first-order valence-corrected chi connectivity index (χ1v) is 8.37. The molecule has 0 unspecified atom stereocenters. The van der Waals surface area contributed by atoms with E-state index in [2.05, 4.69) is 0 Å². The van der Waals surface area contributed by atoms with Crippen LogP contribution in [0, 0.1) is 11.8 Å². The van der Waals surface area contributed by atoms with Crippen LogP contribution in [0.5, 0.6) is 0 Å². The van der Waals surface area contributed by atoms with Gasteiger partial charge in [0.2, 0.25) is 0 Å². The van der Waals surface area contributed by atoms with Crippen LogP contribution >= 0.6 is 34.8 Å². The molecule has 2 fully saturated rings. The van der Waals surface area contributed by atoms with E-state index in [1.54, 1.807) is 28.0 Å². The van der Waals surface area contributed by atoms with Crippen LogP contribution < -0.4 is 0 Å². The van der Waals surface area contributed by atoms with Crippen LogP contribution in [0.25, 0.3) is 0 Å². The van der Waals surface area contributed by atoms with E-state index >= 15 is 0 Å². The third-order valence-electron chi connectivity index (χ3n) is 4.28. The number of fused-ring (bicyclic) bond motifs is 1. The summed E-state index contributed by atoms with van der Waals surface area (Å²) in [5.41, 5.74) is 0.745. The predicted octanol–water partition coefficient (Wildman–Crippen LogP) is 3.85. The lowest BCUT2D eigenvalue weighted by atomic mass is 10.0. The van der Waals surface area contributed by atoms with Crippen LogP contribution in [0.15, 0.2) is 18.2 Å². The lowest BCUT2D eigenvalue weighted by molar-refractivity contribution is 0.101. The molecule has 2 aliphatic heterocycles. The summed E-state index contributed by atoms with van der Waals surface area (Å²) in [5.74, 6) is 0.539. The Bertz CT molecular complexity index is 606. The van der Waals surface area contributed by atoms with Crippen molar-refractivity contribution in [3.63, 3.8) is 0 Å². The van der Waals surface area contributed by atoms with E-state index in [4.69, 9.17) is 39.5 Å². The van der Waals surface area contributed by atoms with Crippen LogP contribution in [-0.4, -0.2) is 47.4 Å². The van der Waals surface area contributed by atoms with Gasteiger partial charge in [-0.3, -0.25) is 4.79 Å². The molecule has 2 aliphatic rings. The summed E-state index contributed by atoms with van der Waals surface area (Å²) in [6.07, 6.45) is -0.362. The molecule has 0 spiro atoms. The minimum absolute atomic E-state index is 0.122. The normalized spacial score (nSPS) is 23.1. The van der Waals surface area contributed by atoms with Gasteiger partial charge in [0.25, 0.3) is 0 Å². The van der Waals surface area contributed by atoms with Crippen molar-refractivity contribution in [3.05, 3.63) is 33.8 Å². The molecule has 2 amide bonds. The molecule has 2 saturated heterocycles. The van der Waals surface area contributed by atoms with E-state index < -0.39 is 5.37 Å². The number of amides is 2. The summed E-state index contributed by atoms with van der Waals surface area (Å²) in [7, 11) is 0. The minimum Gasteiger partial charge on any atom is -0.445 e. The van der Waals surface area contributed by atoms with Gasteiger partial charge in [0.1, 0.15) is 6.61 Å². The lowest BCUT2D eigenvalue weighted by Gasteiger charge is -2.20. The highest BCUT2D eigenvalue weighted by molar-refractivity contribution is 6.62. The average molecular weight is 378 g/mol. The number of nitrogens with zero attached hydrogens (tertiary/aromatic N) is 2. The molecular formula is C15H15Cl3N2O3. The van der Waals surface area contributed by atoms with E-state index in [0.29, 0.717) is 36.2 Å². The highest BCUT2D eigenvalue weighted by Gasteiger charge is 2.43. The fourth-order valence-corrected chi connectivity index (χ4v) is 3.93. The number of rotatable bonds is 2. The third-order valence-corrected chi connectivity index (χ3v) is 4.95. The number of hydrogen-bond donors (Lipinski definition) is 0. The second-order valence-corrected chi connectivity index (χ2v) is 7.11. The standard InChI is InChI=1S/C15H15Cl3N2O3/c16-12-1-9(2-13(17)3-12)8-23-15(22)20-6-10-4-19(14(18)21)5-11(10)7-20/h1-3,10-11H,4-8H2/t10-,11+. The summed E-state index contributed by atoms with van der Waals surface area (Å²) < 4.78 is 5.32. The zero-order valence-electron chi connectivity index (χ0n) is 12.2. The number of carbonyl (C=O) groups excluding carboxylic acids is 2. The maximum atomic E-state index is 12.2. The highest BCUT2D eigenvalue weighted by Crippen LogP contribution is 2.32. The van der Waals surface area contributed by atoms with Gasteiger partial charge in [0, 0.05) is 48.1 Å². The molecule has 0 saturated carbocycles. The molecule has 0 aromatic heterocycles. The largest absolute Gasteiger partial charge is 0.445 e. The van der Waals surface area contributed by atoms with Crippen LogP contribution in [-0.2, 0) is 11.3 Å². The first-order chi connectivity index (χ1) is 10.9. The average Bonchev–Trinajstić information content (AvgIpc) is 3.02. The van der Waals surface area contributed by atoms with Crippen LogP contribution in [0.2, 0.25) is 10.0 Å². The zero-order valence-corrected chi connectivity index (χ0v) is 14.4. The van der Waals surface area contributed by atoms with Gasteiger partial charge in [0.05, 0.1) is 0 Å². The fourth-order valence-electron chi connectivity index (χ4n) is 3.22. The number of halogens is 3. The van der Waals surface area contributed by atoms with Crippen molar-refractivity contribution in [2.75, 3.05) is 26.2 Å². The Balaban J connectivity index is 1.52. The molecule has 2 heterocycles. The summed E-state index contributed by atoms with van der Waals surface area (Å²) in [4.78, 5) is 26.6. The van der Waals surface area contributed by atoms with E-state index in [0.717, 1.165) is 5.56 Å². The van der Waals surface area contributed by atoms with Gasteiger partial charge in [-0.2, -0.15) is 0 Å². The first kappa shape index (κ1) is 16.7. The molecular weight excluding hydrogens is 363 g/mol. The Morgan fingerprint density at radius 3 is 2.04 bits per heavy atom. The van der Waals surface area contributed by atoms with Crippen LogP contribution in [0.4, 0.5) is 9.59 Å². The van der Waals surface area contributed by atoms with Crippen LogP contribution in [0.1, 0.15) is 5.56 Å². The molecule has 0 bridgehead atoms. The quantitative estimate of drug-likeness (QED) is 0.581. The van der Waals surface area contributed by atoms with E-state index in [1.165, 1.54) is 0 Å². The first-order valence-electron chi connectivity index (χ1n) is 7.23. The number of likely N-dealkylation sites (tertiary alicyclic amines) is 2. The molecule has 23 heavy (non-hydrogen) atoms. The molecule has 0 aliphatic carbocycles. The molecule has 1 aromatic rings. The van der Waals surface area contributed by atoms with Gasteiger partial charge < -0.3 is 14.5 Å². The Hall–Kier alpha value is -1.17. The van der Waals surface area contributed by atoms with E-state index in [1.807, 2.05) is 0 Å². The van der Waals surface area contributed by atoms with Crippen molar-refractivity contribution in [3.8, 4) is 0 Å².